The van der Waals surface area contributed by atoms with E-state index in [1.54, 1.807) is 45.0 Å². The van der Waals surface area contributed by atoms with Crippen LogP contribution in [0.4, 0.5) is 4.79 Å². The number of carbonyl (C=O) groups excluding carboxylic acids is 1. The highest BCUT2D eigenvalue weighted by atomic mass is 79.9. The second kappa shape index (κ2) is 6.20. The van der Waals surface area contributed by atoms with Gasteiger partial charge in [0.1, 0.15) is 5.60 Å². The Balaban J connectivity index is 2.09. The highest BCUT2D eigenvalue weighted by Crippen LogP contribution is 2.26. The van der Waals surface area contributed by atoms with Gasteiger partial charge in [-0.05, 0) is 51.5 Å². The van der Waals surface area contributed by atoms with Crippen LogP contribution in [0.3, 0.4) is 0 Å². The van der Waals surface area contributed by atoms with E-state index in [-0.39, 0.29) is 11.4 Å². The van der Waals surface area contributed by atoms with Gasteiger partial charge in [0.05, 0.1) is 10.1 Å². The third-order valence-electron chi connectivity index (χ3n) is 3.38. The van der Waals surface area contributed by atoms with E-state index in [2.05, 4.69) is 15.9 Å². The molecule has 1 aliphatic heterocycles. The number of rotatable bonds is 2. The number of hydrogen-bond acceptors (Lipinski definition) is 4. The molecule has 0 aliphatic carbocycles. The Hall–Kier alpha value is -1.08. The number of carbonyl (C=O) groups is 1. The smallest absolute Gasteiger partial charge is 0.410 e. The summed E-state index contributed by atoms with van der Waals surface area (Å²) in [6.45, 7) is 5.94. The summed E-state index contributed by atoms with van der Waals surface area (Å²) >= 11 is 3.29. The van der Waals surface area contributed by atoms with E-state index in [1.165, 1.54) is 4.90 Å². The van der Waals surface area contributed by atoms with Gasteiger partial charge in [-0.1, -0.05) is 15.9 Å². The van der Waals surface area contributed by atoms with Crippen molar-refractivity contribution < 1.29 is 17.9 Å². The highest BCUT2D eigenvalue weighted by Gasteiger charge is 2.37. The SMILES string of the molecule is CC(C)(C)OC(=O)N1CC[C@H](S(=O)(=O)c2ccc(Br)cc2)C1. The molecule has 0 aromatic heterocycles. The first-order valence-electron chi connectivity index (χ1n) is 7.07. The predicted molar refractivity (Wildman–Crippen MR) is 87.5 cm³/mol. The molecule has 1 atom stereocenters. The monoisotopic (exact) mass is 389 g/mol. The molecule has 1 heterocycles. The second-order valence-electron chi connectivity index (χ2n) is 6.34. The van der Waals surface area contributed by atoms with Crippen molar-refractivity contribution in [2.24, 2.45) is 0 Å². The Bertz CT molecular complexity index is 649. The lowest BCUT2D eigenvalue weighted by molar-refractivity contribution is 0.0295. The van der Waals surface area contributed by atoms with Gasteiger partial charge in [-0.2, -0.15) is 0 Å². The molecule has 0 bridgehead atoms. The first-order chi connectivity index (χ1) is 10.1. The van der Waals surface area contributed by atoms with Crippen LogP contribution in [0.2, 0.25) is 0 Å². The molecule has 0 radical (unpaired) electrons. The minimum Gasteiger partial charge on any atom is -0.444 e. The Morgan fingerprint density at radius 1 is 1.27 bits per heavy atom. The summed E-state index contributed by atoms with van der Waals surface area (Å²) in [6.07, 6.45) is -0.0292. The van der Waals surface area contributed by atoms with Crippen molar-refractivity contribution >= 4 is 31.9 Å². The lowest BCUT2D eigenvalue weighted by Gasteiger charge is -2.24. The van der Waals surface area contributed by atoms with Crippen molar-refractivity contribution in [3.05, 3.63) is 28.7 Å². The van der Waals surface area contributed by atoms with Crippen LogP contribution in [0, 0.1) is 0 Å². The van der Waals surface area contributed by atoms with E-state index in [0.29, 0.717) is 13.0 Å². The van der Waals surface area contributed by atoms with E-state index in [9.17, 15) is 13.2 Å². The fourth-order valence-electron chi connectivity index (χ4n) is 2.29. The summed E-state index contributed by atoms with van der Waals surface area (Å²) in [4.78, 5) is 13.8. The molecule has 1 aromatic carbocycles. The van der Waals surface area contributed by atoms with E-state index in [0.717, 1.165) is 4.47 Å². The van der Waals surface area contributed by atoms with Crippen molar-refractivity contribution in [1.29, 1.82) is 0 Å². The van der Waals surface area contributed by atoms with Gasteiger partial charge in [0.25, 0.3) is 0 Å². The molecule has 1 saturated heterocycles. The third kappa shape index (κ3) is 4.01. The first-order valence-corrected chi connectivity index (χ1v) is 9.41. The summed E-state index contributed by atoms with van der Waals surface area (Å²) in [5, 5.41) is -0.582. The molecule has 0 spiro atoms. The summed E-state index contributed by atoms with van der Waals surface area (Å²) in [5.41, 5.74) is -0.584. The van der Waals surface area contributed by atoms with Crippen LogP contribution in [0.5, 0.6) is 0 Å². The van der Waals surface area contributed by atoms with Crippen molar-refractivity contribution in [2.75, 3.05) is 13.1 Å². The summed E-state index contributed by atoms with van der Waals surface area (Å²) in [7, 11) is -3.44. The lowest BCUT2D eigenvalue weighted by atomic mass is 10.2. The lowest BCUT2D eigenvalue weighted by Crippen LogP contribution is -2.36. The Morgan fingerprint density at radius 2 is 1.86 bits per heavy atom. The quantitative estimate of drug-likeness (QED) is 0.778. The van der Waals surface area contributed by atoms with Crippen LogP contribution >= 0.6 is 15.9 Å². The number of benzene rings is 1. The molecule has 0 saturated carbocycles. The Morgan fingerprint density at radius 3 is 2.41 bits per heavy atom. The van der Waals surface area contributed by atoms with Gasteiger partial charge in [0.2, 0.25) is 0 Å². The summed E-state index contributed by atoms with van der Waals surface area (Å²) < 4.78 is 31.3. The maximum atomic E-state index is 12.6. The van der Waals surface area contributed by atoms with Crippen LogP contribution in [-0.2, 0) is 14.6 Å². The van der Waals surface area contributed by atoms with Gasteiger partial charge in [-0.15, -0.1) is 0 Å². The van der Waals surface area contributed by atoms with E-state index < -0.39 is 26.8 Å². The van der Waals surface area contributed by atoms with Crippen LogP contribution in [0.25, 0.3) is 0 Å². The van der Waals surface area contributed by atoms with Crippen molar-refractivity contribution in [1.82, 2.24) is 4.90 Å². The zero-order chi connectivity index (χ0) is 16.5. The normalized spacial score (nSPS) is 19.3. The molecule has 0 unspecified atom stereocenters. The fraction of sp³-hybridized carbons (Fsp3) is 0.533. The van der Waals surface area contributed by atoms with Gasteiger partial charge in [-0.25, -0.2) is 13.2 Å². The average Bonchev–Trinajstić information content (AvgIpc) is 2.87. The van der Waals surface area contributed by atoms with E-state index >= 15 is 0 Å². The number of sulfone groups is 1. The fourth-order valence-corrected chi connectivity index (χ4v) is 4.25. The largest absolute Gasteiger partial charge is 0.444 e. The molecule has 1 amide bonds. The van der Waals surface area contributed by atoms with Crippen molar-refractivity contribution in [3.8, 4) is 0 Å². The van der Waals surface area contributed by atoms with Gasteiger partial charge in [-0.3, -0.25) is 0 Å². The topological polar surface area (TPSA) is 63.7 Å². The number of ether oxygens (including phenoxy) is 1. The minimum atomic E-state index is -3.44. The third-order valence-corrected chi connectivity index (χ3v) is 6.10. The van der Waals surface area contributed by atoms with Crippen LogP contribution < -0.4 is 0 Å². The predicted octanol–water partition coefficient (Wildman–Crippen LogP) is 3.23. The number of likely N-dealkylation sites (tertiary alicyclic amines) is 1. The molecular formula is C15H20BrNO4S. The maximum absolute atomic E-state index is 12.6. The number of amides is 1. The zero-order valence-corrected chi connectivity index (χ0v) is 15.3. The zero-order valence-electron chi connectivity index (χ0n) is 12.9. The van der Waals surface area contributed by atoms with E-state index in [4.69, 9.17) is 4.74 Å². The molecule has 1 aromatic rings. The molecule has 0 N–H and O–H groups in total. The molecule has 22 heavy (non-hydrogen) atoms. The van der Waals surface area contributed by atoms with Gasteiger partial charge >= 0.3 is 6.09 Å². The molecule has 1 fully saturated rings. The van der Waals surface area contributed by atoms with E-state index in [1.807, 2.05) is 0 Å². The standard InChI is InChI=1S/C15H20BrNO4S/c1-15(2,3)21-14(18)17-9-8-13(10-17)22(19,20)12-6-4-11(16)5-7-12/h4-7,13H,8-10H2,1-3H3/t13-/m0/s1. The van der Waals surface area contributed by atoms with Gasteiger partial charge < -0.3 is 9.64 Å². The number of halogens is 1. The minimum absolute atomic E-state index is 0.174. The molecule has 7 heteroatoms. The van der Waals surface area contributed by atoms with Gasteiger partial charge in [0, 0.05) is 17.6 Å². The van der Waals surface area contributed by atoms with Crippen LogP contribution in [0.15, 0.2) is 33.6 Å². The summed E-state index contributed by atoms with van der Waals surface area (Å²) in [5.74, 6) is 0. The number of nitrogens with zero attached hydrogens (tertiary/aromatic N) is 1. The molecule has 1 aliphatic rings. The van der Waals surface area contributed by atoms with Gasteiger partial charge in [0.15, 0.2) is 9.84 Å². The Kier molecular flexibility index (Phi) is 4.87. The first kappa shape index (κ1) is 17.3. The maximum Gasteiger partial charge on any atom is 0.410 e. The molecular weight excluding hydrogens is 370 g/mol. The number of hydrogen-bond donors (Lipinski definition) is 0. The molecule has 122 valence electrons. The van der Waals surface area contributed by atoms with Crippen LogP contribution in [-0.4, -0.2) is 43.4 Å². The van der Waals surface area contributed by atoms with Crippen molar-refractivity contribution in [3.63, 3.8) is 0 Å². The Labute approximate surface area is 139 Å². The average molecular weight is 390 g/mol. The second-order valence-corrected chi connectivity index (χ2v) is 9.48. The summed E-state index contributed by atoms with van der Waals surface area (Å²) in [6, 6.07) is 6.56. The highest BCUT2D eigenvalue weighted by molar-refractivity contribution is 9.10. The molecule has 5 nitrogen and oxygen atoms in total. The molecule has 2 rings (SSSR count). The van der Waals surface area contributed by atoms with Crippen LogP contribution in [0.1, 0.15) is 27.2 Å². The van der Waals surface area contributed by atoms with Crippen molar-refractivity contribution in [2.45, 2.75) is 42.9 Å².